The summed E-state index contributed by atoms with van der Waals surface area (Å²) in [6.07, 6.45) is 3.71. The first kappa shape index (κ1) is 20.9. The number of nitrogens with one attached hydrogen (secondary N) is 3. The summed E-state index contributed by atoms with van der Waals surface area (Å²) < 4.78 is 7.01. The number of aryl methyl sites for hydroxylation is 1. The van der Waals surface area contributed by atoms with Gasteiger partial charge in [0, 0.05) is 41.2 Å². The molecule has 1 amide bonds. The minimum atomic E-state index is -0.0850. The molecule has 0 aliphatic carbocycles. The molecule has 0 saturated carbocycles. The number of benzene rings is 2. The number of rotatable bonds is 8. The summed E-state index contributed by atoms with van der Waals surface area (Å²) in [6.45, 7) is 2.18. The first-order valence-electron chi connectivity index (χ1n) is 10.1. The second-order valence-electron chi connectivity index (χ2n) is 7.18. The number of nitrogens with zero attached hydrogens (tertiary/aromatic N) is 3. The van der Waals surface area contributed by atoms with Gasteiger partial charge in [-0.1, -0.05) is 0 Å². The molecule has 0 bridgehead atoms. The van der Waals surface area contributed by atoms with E-state index in [9.17, 15) is 4.79 Å². The molecule has 0 aliphatic heterocycles. The molecule has 4 aromatic rings. The largest absolute Gasteiger partial charge is 0.497 e. The number of amides is 1. The van der Waals surface area contributed by atoms with Crippen molar-refractivity contribution in [1.29, 1.82) is 0 Å². The van der Waals surface area contributed by atoms with Crippen molar-refractivity contribution in [3.8, 4) is 5.75 Å². The lowest BCUT2D eigenvalue weighted by Crippen LogP contribution is -2.17. The van der Waals surface area contributed by atoms with Crippen LogP contribution in [0.5, 0.6) is 5.75 Å². The lowest BCUT2D eigenvalue weighted by Gasteiger charge is -2.11. The van der Waals surface area contributed by atoms with Crippen LogP contribution in [-0.2, 0) is 11.3 Å². The van der Waals surface area contributed by atoms with Gasteiger partial charge < -0.3 is 25.3 Å². The van der Waals surface area contributed by atoms with E-state index in [1.165, 1.54) is 0 Å². The van der Waals surface area contributed by atoms with Crippen LogP contribution in [0.4, 0.5) is 28.8 Å². The summed E-state index contributed by atoms with van der Waals surface area (Å²) in [5.41, 5.74) is 3.26. The van der Waals surface area contributed by atoms with Crippen LogP contribution >= 0.6 is 0 Å². The molecule has 2 heterocycles. The average molecular weight is 428 g/mol. The Bertz CT molecular complexity index is 1170. The van der Waals surface area contributed by atoms with Crippen molar-refractivity contribution < 1.29 is 9.53 Å². The number of aromatic nitrogens is 3. The Morgan fingerprint density at radius 3 is 2.22 bits per heavy atom. The lowest BCUT2D eigenvalue weighted by atomic mass is 10.2. The van der Waals surface area contributed by atoms with Crippen LogP contribution in [0.1, 0.15) is 5.69 Å². The van der Waals surface area contributed by atoms with Gasteiger partial charge in [0.25, 0.3) is 0 Å². The molecule has 32 heavy (non-hydrogen) atoms. The fourth-order valence-electron chi connectivity index (χ4n) is 3.12. The number of hydrogen-bond acceptors (Lipinski definition) is 6. The number of anilines is 5. The fourth-order valence-corrected chi connectivity index (χ4v) is 3.12. The maximum Gasteiger partial charge on any atom is 0.244 e. The smallest absolute Gasteiger partial charge is 0.244 e. The third-order valence-corrected chi connectivity index (χ3v) is 4.63. The van der Waals surface area contributed by atoms with Gasteiger partial charge in [-0.25, -0.2) is 4.98 Å². The lowest BCUT2D eigenvalue weighted by molar-refractivity contribution is -0.116. The zero-order valence-corrected chi connectivity index (χ0v) is 17.9. The van der Waals surface area contributed by atoms with Crippen molar-refractivity contribution >= 4 is 34.7 Å². The van der Waals surface area contributed by atoms with Crippen LogP contribution in [0.2, 0.25) is 0 Å². The number of carbonyl (C=O) groups excluding carboxylic acids is 1. The SMILES string of the molecule is COc1ccc(Nc2cc(C)nc(Nc3ccc(NC(=O)Cn4cccc4)cc3)n2)cc1. The molecule has 0 unspecified atom stereocenters. The third kappa shape index (κ3) is 5.63. The molecule has 0 radical (unpaired) electrons. The van der Waals surface area contributed by atoms with Crippen LogP contribution in [-0.4, -0.2) is 27.6 Å². The molecule has 8 heteroatoms. The van der Waals surface area contributed by atoms with Crippen LogP contribution in [0.25, 0.3) is 0 Å². The van der Waals surface area contributed by atoms with Gasteiger partial charge >= 0.3 is 0 Å². The van der Waals surface area contributed by atoms with E-state index in [4.69, 9.17) is 4.74 Å². The summed E-state index contributed by atoms with van der Waals surface area (Å²) in [7, 11) is 1.64. The molecule has 0 spiro atoms. The van der Waals surface area contributed by atoms with E-state index in [0.29, 0.717) is 11.8 Å². The van der Waals surface area contributed by atoms with E-state index in [2.05, 4.69) is 25.9 Å². The zero-order valence-electron chi connectivity index (χ0n) is 17.9. The van der Waals surface area contributed by atoms with Crippen LogP contribution in [0.3, 0.4) is 0 Å². The Balaban J connectivity index is 1.39. The molecule has 4 rings (SSSR count). The van der Waals surface area contributed by atoms with Gasteiger partial charge in [0.2, 0.25) is 11.9 Å². The normalized spacial score (nSPS) is 10.4. The monoisotopic (exact) mass is 428 g/mol. The second-order valence-corrected chi connectivity index (χ2v) is 7.18. The summed E-state index contributed by atoms with van der Waals surface area (Å²) in [4.78, 5) is 21.1. The highest BCUT2D eigenvalue weighted by Crippen LogP contribution is 2.22. The Morgan fingerprint density at radius 2 is 1.53 bits per heavy atom. The van der Waals surface area contributed by atoms with Crippen LogP contribution in [0.15, 0.2) is 79.1 Å². The molecular weight excluding hydrogens is 404 g/mol. The van der Waals surface area contributed by atoms with E-state index in [1.807, 2.05) is 90.6 Å². The highest BCUT2D eigenvalue weighted by atomic mass is 16.5. The van der Waals surface area contributed by atoms with Crippen molar-refractivity contribution in [3.63, 3.8) is 0 Å². The summed E-state index contributed by atoms with van der Waals surface area (Å²) in [6, 6.07) is 20.7. The van der Waals surface area contributed by atoms with Crippen LogP contribution < -0.4 is 20.7 Å². The Hall–Kier alpha value is -4.33. The van der Waals surface area contributed by atoms with Gasteiger partial charge in [-0.15, -0.1) is 0 Å². The van der Waals surface area contributed by atoms with Gasteiger partial charge in [-0.3, -0.25) is 4.79 Å². The minimum Gasteiger partial charge on any atom is -0.497 e. The Morgan fingerprint density at radius 1 is 0.906 bits per heavy atom. The number of hydrogen-bond donors (Lipinski definition) is 3. The minimum absolute atomic E-state index is 0.0850. The molecule has 162 valence electrons. The predicted octanol–water partition coefficient (Wildman–Crippen LogP) is 4.72. The maximum absolute atomic E-state index is 12.1. The van der Waals surface area contributed by atoms with Crippen molar-refractivity contribution in [2.75, 3.05) is 23.1 Å². The molecular formula is C24H24N6O2. The van der Waals surface area contributed by atoms with Crippen molar-refractivity contribution in [2.24, 2.45) is 0 Å². The quantitative estimate of drug-likeness (QED) is 0.376. The summed E-state index contributed by atoms with van der Waals surface area (Å²) in [5, 5.41) is 9.37. The summed E-state index contributed by atoms with van der Waals surface area (Å²) >= 11 is 0. The highest BCUT2D eigenvalue weighted by Gasteiger charge is 2.06. The molecule has 2 aromatic carbocycles. The van der Waals surface area contributed by atoms with E-state index < -0.39 is 0 Å². The van der Waals surface area contributed by atoms with Gasteiger partial charge in [0.1, 0.15) is 18.1 Å². The molecule has 3 N–H and O–H groups in total. The molecule has 0 saturated heterocycles. The zero-order chi connectivity index (χ0) is 22.3. The van der Waals surface area contributed by atoms with Crippen LogP contribution in [0, 0.1) is 6.92 Å². The van der Waals surface area contributed by atoms with E-state index >= 15 is 0 Å². The van der Waals surface area contributed by atoms with Gasteiger partial charge in [0.05, 0.1) is 7.11 Å². The number of ether oxygens (including phenoxy) is 1. The highest BCUT2D eigenvalue weighted by molar-refractivity contribution is 5.90. The second kappa shape index (κ2) is 9.65. The first-order valence-corrected chi connectivity index (χ1v) is 10.1. The van der Waals surface area contributed by atoms with Crippen molar-refractivity contribution in [2.45, 2.75) is 13.5 Å². The molecule has 8 nitrogen and oxygen atoms in total. The topological polar surface area (TPSA) is 93.1 Å². The third-order valence-electron chi connectivity index (χ3n) is 4.63. The average Bonchev–Trinajstić information content (AvgIpc) is 3.28. The Labute approximate surface area is 186 Å². The molecule has 0 fully saturated rings. The van der Waals surface area contributed by atoms with E-state index in [1.54, 1.807) is 7.11 Å². The first-order chi connectivity index (χ1) is 15.6. The Kier molecular flexibility index (Phi) is 6.31. The van der Waals surface area contributed by atoms with Crippen molar-refractivity contribution in [1.82, 2.24) is 14.5 Å². The van der Waals surface area contributed by atoms with Gasteiger partial charge in [-0.05, 0) is 67.6 Å². The molecule has 0 atom stereocenters. The standard InChI is InChI=1S/C24H24N6O2/c1-17-15-22(26-18-9-11-21(32-2)12-10-18)29-24(25-17)28-20-7-5-19(6-8-20)27-23(31)16-30-13-3-4-14-30/h3-15H,16H2,1-2H3,(H,27,31)(H2,25,26,28,29). The van der Waals surface area contributed by atoms with E-state index in [-0.39, 0.29) is 12.5 Å². The van der Waals surface area contributed by atoms with Gasteiger partial charge in [0.15, 0.2) is 0 Å². The molecule has 0 aliphatic rings. The summed E-state index contributed by atoms with van der Waals surface area (Å²) in [5.74, 6) is 1.86. The fraction of sp³-hybridized carbons (Fsp3) is 0.125. The number of carbonyl (C=O) groups is 1. The molecule has 2 aromatic heterocycles. The van der Waals surface area contributed by atoms with Crippen molar-refractivity contribution in [3.05, 3.63) is 84.8 Å². The number of methoxy groups -OCH3 is 1. The predicted molar refractivity (Wildman–Crippen MR) is 126 cm³/mol. The van der Waals surface area contributed by atoms with Gasteiger partial charge in [-0.2, -0.15) is 4.98 Å². The van der Waals surface area contributed by atoms with E-state index in [0.717, 1.165) is 28.5 Å². The maximum atomic E-state index is 12.1.